The van der Waals surface area contributed by atoms with Crippen LogP contribution in [0.1, 0.15) is 22.0 Å². The van der Waals surface area contributed by atoms with E-state index >= 15 is 0 Å². The molecule has 0 radical (unpaired) electrons. The molecule has 1 amide bonds. The number of pyridine rings is 1. The van der Waals surface area contributed by atoms with Gasteiger partial charge in [-0.3, -0.25) is 4.79 Å². The average molecular weight is 303 g/mol. The van der Waals surface area contributed by atoms with Gasteiger partial charge in [-0.25, -0.2) is 4.98 Å². The van der Waals surface area contributed by atoms with Crippen LogP contribution in [0.3, 0.4) is 0 Å². The molecule has 1 saturated heterocycles. The number of halogens is 1. The first-order valence-corrected chi connectivity index (χ1v) is 7.19. The van der Waals surface area contributed by atoms with Crippen LogP contribution in [0.4, 0.5) is 0 Å². The van der Waals surface area contributed by atoms with Crippen molar-refractivity contribution >= 4 is 17.5 Å². The number of amides is 1. The van der Waals surface area contributed by atoms with Crippen molar-refractivity contribution < 1.29 is 9.53 Å². The molecule has 3 rings (SSSR count). The lowest BCUT2D eigenvalue weighted by molar-refractivity contribution is -0.0228. The van der Waals surface area contributed by atoms with E-state index in [0.29, 0.717) is 30.4 Å². The molecule has 2 heterocycles. The number of carbonyl (C=O) groups excluding carboxylic acids is 1. The Morgan fingerprint density at radius 3 is 2.76 bits per heavy atom. The molecule has 1 fully saturated rings. The van der Waals surface area contributed by atoms with Crippen molar-refractivity contribution in [2.45, 2.75) is 6.10 Å². The predicted octanol–water partition coefficient (Wildman–Crippen LogP) is 2.95. The number of hydrogen-bond acceptors (Lipinski definition) is 3. The molecule has 0 N–H and O–H groups in total. The topological polar surface area (TPSA) is 42.4 Å². The molecule has 2 aromatic rings. The normalized spacial score (nSPS) is 18.5. The molecular formula is C16H15ClN2O2. The van der Waals surface area contributed by atoms with Crippen molar-refractivity contribution in [2.24, 2.45) is 0 Å². The van der Waals surface area contributed by atoms with E-state index in [0.717, 1.165) is 5.56 Å². The Morgan fingerprint density at radius 1 is 1.24 bits per heavy atom. The van der Waals surface area contributed by atoms with E-state index in [1.54, 1.807) is 17.0 Å². The van der Waals surface area contributed by atoms with Gasteiger partial charge in [0, 0.05) is 12.7 Å². The molecule has 1 atom stereocenters. The number of carbonyl (C=O) groups is 1. The second-order valence-electron chi connectivity index (χ2n) is 4.89. The Kier molecular flexibility index (Phi) is 4.18. The fourth-order valence-electron chi connectivity index (χ4n) is 2.39. The maximum Gasteiger partial charge on any atom is 0.255 e. The third-order valence-corrected chi connectivity index (χ3v) is 3.72. The van der Waals surface area contributed by atoms with Crippen molar-refractivity contribution in [2.75, 3.05) is 19.7 Å². The van der Waals surface area contributed by atoms with Gasteiger partial charge in [0.1, 0.15) is 11.3 Å². The van der Waals surface area contributed by atoms with Crippen LogP contribution in [-0.4, -0.2) is 35.5 Å². The predicted molar refractivity (Wildman–Crippen MR) is 80.3 cm³/mol. The van der Waals surface area contributed by atoms with Crippen molar-refractivity contribution in [1.29, 1.82) is 0 Å². The van der Waals surface area contributed by atoms with Gasteiger partial charge in [-0.2, -0.15) is 0 Å². The number of benzene rings is 1. The Labute approximate surface area is 128 Å². The Hall–Kier alpha value is -1.91. The molecule has 0 saturated carbocycles. The number of hydrogen-bond donors (Lipinski definition) is 0. The number of aromatic nitrogens is 1. The zero-order valence-corrected chi connectivity index (χ0v) is 12.2. The van der Waals surface area contributed by atoms with E-state index < -0.39 is 0 Å². The monoisotopic (exact) mass is 302 g/mol. The summed E-state index contributed by atoms with van der Waals surface area (Å²) in [5.41, 5.74) is 1.64. The molecule has 1 unspecified atom stereocenters. The second-order valence-corrected chi connectivity index (χ2v) is 5.28. The molecule has 4 nitrogen and oxygen atoms in total. The minimum Gasteiger partial charge on any atom is -0.370 e. The smallest absolute Gasteiger partial charge is 0.255 e. The molecule has 108 valence electrons. The highest BCUT2D eigenvalue weighted by Gasteiger charge is 2.26. The Bertz CT molecular complexity index is 616. The lowest BCUT2D eigenvalue weighted by Gasteiger charge is -2.33. The first kappa shape index (κ1) is 14.0. The van der Waals surface area contributed by atoms with Crippen molar-refractivity contribution in [3.8, 4) is 0 Å². The van der Waals surface area contributed by atoms with E-state index in [1.807, 2.05) is 30.3 Å². The summed E-state index contributed by atoms with van der Waals surface area (Å²) in [7, 11) is 0. The third-order valence-electron chi connectivity index (χ3n) is 3.50. The molecule has 1 aliphatic rings. The molecule has 0 aliphatic carbocycles. The van der Waals surface area contributed by atoms with Gasteiger partial charge in [0.2, 0.25) is 0 Å². The van der Waals surface area contributed by atoms with Gasteiger partial charge < -0.3 is 9.64 Å². The summed E-state index contributed by atoms with van der Waals surface area (Å²) >= 11 is 5.75. The van der Waals surface area contributed by atoms with E-state index in [-0.39, 0.29) is 12.0 Å². The maximum absolute atomic E-state index is 12.5. The molecule has 0 bridgehead atoms. The summed E-state index contributed by atoms with van der Waals surface area (Å²) in [6, 6.07) is 13.3. The van der Waals surface area contributed by atoms with Crippen LogP contribution in [0, 0.1) is 0 Å². The summed E-state index contributed by atoms with van der Waals surface area (Å²) in [4.78, 5) is 18.2. The fraction of sp³-hybridized carbons (Fsp3) is 0.250. The largest absolute Gasteiger partial charge is 0.370 e. The van der Waals surface area contributed by atoms with E-state index in [4.69, 9.17) is 16.3 Å². The highest BCUT2D eigenvalue weighted by Crippen LogP contribution is 2.23. The van der Waals surface area contributed by atoms with Crippen LogP contribution in [0.15, 0.2) is 48.7 Å². The van der Waals surface area contributed by atoms with Gasteiger partial charge in [0.05, 0.1) is 18.7 Å². The molecule has 0 spiro atoms. The van der Waals surface area contributed by atoms with Gasteiger partial charge in [-0.1, -0.05) is 41.9 Å². The standard InChI is InChI=1S/C16H15ClN2O2/c17-15-7-6-13(10-18-15)16(20)19-8-9-21-14(11-19)12-4-2-1-3-5-12/h1-7,10,14H,8-9,11H2. The van der Waals surface area contributed by atoms with Crippen LogP contribution < -0.4 is 0 Å². The fourth-order valence-corrected chi connectivity index (χ4v) is 2.50. The molecular weight excluding hydrogens is 288 g/mol. The Morgan fingerprint density at radius 2 is 2.05 bits per heavy atom. The van der Waals surface area contributed by atoms with Crippen molar-refractivity contribution in [1.82, 2.24) is 9.88 Å². The highest BCUT2D eigenvalue weighted by molar-refractivity contribution is 6.29. The summed E-state index contributed by atoms with van der Waals surface area (Å²) in [5, 5.41) is 0.385. The number of rotatable bonds is 2. The first-order chi connectivity index (χ1) is 10.2. The molecule has 1 aliphatic heterocycles. The van der Waals surface area contributed by atoms with Crippen molar-refractivity contribution in [3.63, 3.8) is 0 Å². The van der Waals surface area contributed by atoms with Crippen LogP contribution in [-0.2, 0) is 4.74 Å². The summed E-state index contributed by atoms with van der Waals surface area (Å²) in [5.74, 6) is -0.0385. The summed E-state index contributed by atoms with van der Waals surface area (Å²) in [6.45, 7) is 1.67. The SMILES string of the molecule is O=C(c1ccc(Cl)nc1)N1CCOC(c2ccccc2)C1. The zero-order chi connectivity index (χ0) is 14.7. The second kappa shape index (κ2) is 6.24. The van der Waals surface area contributed by atoms with Gasteiger partial charge in [0.25, 0.3) is 5.91 Å². The molecule has 1 aromatic heterocycles. The maximum atomic E-state index is 12.5. The van der Waals surface area contributed by atoms with Crippen LogP contribution in [0.2, 0.25) is 5.15 Å². The minimum atomic E-state index is -0.0795. The number of nitrogens with zero attached hydrogens (tertiary/aromatic N) is 2. The van der Waals surface area contributed by atoms with E-state index in [9.17, 15) is 4.79 Å². The highest BCUT2D eigenvalue weighted by atomic mass is 35.5. The van der Waals surface area contributed by atoms with Crippen LogP contribution >= 0.6 is 11.6 Å². The third kappa shape index (κ3) is 3.23. The zero-order valence-electron chi connectivity index (χ0n) is 11.4. The van der Waals surface area contributed by atoms with Gasteiger partial charge in [0.15, 0.2) is 0 Å². The van der Waals surface area contributed by atoms with Gasteiger partial charge in [-0.05, 0) is 17.7 Å². The molecule has 21 heavy (non-hydrogen) atoms. The number of morpholine rings is 1. The van der Waals surface area contributed by atoms with E-state index in [1.165, 1.54) is 6.20 Å². The summed E-state index contributed by atoms with van der Waals surface area (Å²) in [6.07, 6.45) is 1.43. The minimum absolute atomic E-state index is 0.0385. The average Bonchev–Trinajstić information content (AvgIpc) is 2.56. The first-order valence-electron chi connectivity index (χ1n) is 6.81. The van der Waals surface area contributed by atoms with Gasteiger partial charge >= 0.3 is 0 Å². The van der Waals surface area contributed by atoms with E-state index in [2.05, 4.69) is 4.98 Å². The molecule has 1 aromatic carbocycles. The number of ether oxygens (including phenoxy) is 1. The van der Waals surface area contributed by atoms with Gasteiger partial charge in [-0.15, -0.1) is 0 Å². The van der Waals surface area contributed by atoms with Crippen molar-refractivity contribution in [3.05, 3.63) is 64.9 Å². The quantitative estimate of drug-likeness (QED) is 0.801. The molecule has 5 heteroatoms. The Balaban J connectivity index is 1.74. The lowest BCUT2D eigenvalue weighted by Crippen LogP contribution is -2.42. The van der Waals surface area contributed by atoms with Crippen LogP contribution in [0.25, 0.3) is 0 Å². The van der Waals surface area contributed by atoms with Crippen LogP contribution in [0.5, 0.6) is 0 Å². The lowest BCUT2D eigenvalue weighted by atomic mass is 10.1. The summed E-state index contributed by atoms with van der Waals surface area (Å²) < 4.78 is 5.77.